The quantitative estimate of drug-likeness (QED) is 0.0130. The SMILES string of the molecule is CC(C)CCCC(C)C1CCC2(C)C1CCC1C2CC=C2CC(OC(=O)NCCCN(CCCCN(CCCNC(=O)OC3CCC4(C)C(=CCC5C4CCC4(C)C(C(C)CCCC(C)C)CCC54)C3)CCCNC(=O)OC3CCC4(C)C(CCC5C4CCC4(C)C(C(C)CCCC(C)C)CCC54)C3)CCCN=C(N)N)CCC21C. The van der Waals surface area contributed by atoms with Gasteiger partial charge in [0.25, 0.3) is 0 Å². The molecule has 0 saturated heterocycles. The van der Waals surface area contributed by atoms with Gasteiger partial charge < -0.3 is 51.4 Å². The zero-order valence-corrected chi connectivity index (χ0v) is 76.7. The Bertz CT molecular complexity index is 3200. The second-order valence-electron chi connectivity index (χ2n) is 45.0. The molecule has 25 atom stereocenters. The molecule has 115 heavy (non-hydrogen) atoms. The molecule has 12 aliphatic carbocycles. The van der Waals surface area contributed by atoms with Crippen molar-refractivity contribution in [2.75, 3.05) is 65.4 Å². The van der Waals surface area contributed by atoms with Gasteiger partial charge in [-0.1, -0.05) is 185 Å². The summed E-state index contributed by atoms with van der Waals surface area (Å²) in [6, 6.07) is 0. The van der Waals surface area contributed by atoms with Crippen molar-refractivity contribution in [3.8, 4) is 0 Å². The molecule has 0 aromatic heterocycles. The first-order valence-corrected chi connectivity index (χ1v) is 49.7. The predicted octanol–water partition coefficient (Wildman–Crippen LogP) is 23.7. The Morgan fingerprint density at radius 1 is 0.409 bits per heavy atom. The van der Waals surface area contributed by atoms with E-state index in [0.717, 1.165) is 236 Å². The van der Waals surface area contributed by atoms with Crippen LogP contribution in [-0.2, 0) is 14.2 Å². The van der Waals surface area contributed by atoms with Gasteiger partial charge in [0.15, 0.2) is 5.96 Å². The number of guanidine groups is 1. The summed E-state index contributed by atoms with van der Waals surface area (Å²) in [5.74, 6) is 15.6. The van der Waals surface area contributed by atoms with Gasteiger partial charge in [-0.2, -0.15) is 0 Å². The number of alkyl carbamates (subject to hydrolysis) is 3. The number of allylic oxidation sites excluding steroid dienone is 2. The van der Waals surface area contributed by atoms with Gasteiger partial charge in [0.1, 0.15) is 18.3 Å². The fourth-order valence-electron chi connectivity index (χ4n) is 30.6. The van der Waals surface area contributed by atoms with E-state index in [1.54, 1.807) is 11.1 Å². The Morgan fingerprint density at radius 2 is 0.835 bits per heavy atom. The summed E-state index contributed by atoms with van der Waals surface area (Å²) in [7, 11) is 0. The third-order valence-electron chi connectivity index (χ3n) is 37.1. The largest absolute Gasteiger partial charge is 0.446 e. The predicted molar refractivity (Wildman–Crippen MR) is 475 cm³/mol. The zero-order valence-electron chi connectivity index (χ0n) is 76.7. The van der Waals surface area contributed by atoms with E-state index < -0.39 is 0 Å². The van der Waals surface area contributed by atoms with Crippen LogP contribution in [0.1, 0.15) is 361 Å². The van der Waals surface area contributed by atoms with Crippen molar-refractivity contribution in [1.82, 2.24) is 25.8 Å². The normalized spacial score (nSPS) is 37.9. The Balaban J connectivity index is 0.598. The third-order valence-corrected chi connectivity index (χ3v) is 37.1. The molecular formula is C101H176N8O6. The van der Waals surface area contributed by atoms with E-state index in [-0.39, 0.29) is 53.4 Å². The van der Waals surface area contributed by atoms with Crippen LogP contribution in [0.3, 0.4) is 0 Å². The van der Waals surface area contributed by atoms with Crippen LogP contribution >= 0.6 is 0 Å². The maximum Gasteiger partial charge on any atom is 0.407 e. The molecule has 0 bridgehead atoms. The molecule has 0 aromatic carbocycles. The van der Waals surface area contributed by atoms with Crippen LogP contribution in [0.25, 0.3) is 0 Å². The highest BCUT2D eigenvalue weighted by Crippen LogP contribution is 2.72. The Labute approximate surface area is 703 Å². The number of carbonyl (C=O) groups is 3. The van der Waals surface area contributed by atoms with Crippen LogP contribution in [0.4, 0.5) is 14.4 Å². The monoisotopic (exact) mass is 1600 g/mol. The number of nitrogens with one attached hydrogen (secondary N) is 3. The van der Waals surface area contributed by atoms with Crippen molar-refractivity contribution in [2.24, 2.45) is 161 Å². The molecule has 0 aliphatic heterocycles. The summed E-state index contributed by atoms with van der Waals surface area (Å²) in [5, 5.41) is 9.59. The number of hydrogen-bond donors (Lipinski definition) is 5. The van der Waals surface area contributed by atoms with Crippen molar-refractivity contribution >= 4 is 24.2 Å². The molecule has 14 heteroatoms. The van der Waals surface area contributed by atoms with Crippen LogP contribution < -0.4 is 27.4 Å². The minimum atomic E-state index is -0.281. The van der Waals surface area contributed by atoms with Crippen molar-refractivity contribution in [1.29, 1.82) is 0 Å². The highest BCUT2D eigenvalue weighted by atomic mass is 16.6. The van der Waals surface area contributed by atoms with Gasteiger partial charge in [0.05, 0.1) is 0 Å². The number of fused-ring (bicyclic) bond motifs is 15. The zero-order chi connectivity index (χ0) is 82.0. The average molecular weight is 1600 g/mol. The van der Waals surface area contributed by atoms with Crippen molar-refractivity contribution in [3.05, 3.63) is 23.3 Å². The van der Waals surface area contributed by atoms with Gasteiger partial charge >= 0.3 is 18.3 Å². The van der Waals surface area contributed by atoms with Crippen LogP contribution in [-0.4, -0.2) is 118 Å². The number of aliphatic imine (C=N–C) groups is 1. The first-order chi connectivity index (χ1) is 54.9. The highest BCUT2D eigenvalue weighted by molar-refractivity contribution is 5.75. The number of rotatable bonds is 39. The molecule has 12 rings (SSSR count). The molecule has 25 unspecified atom stereocenters. The fraction of sp³-hybridized carbons (Fsp3) is 0.921. The van der Waals surface area contributed by atoms with E-state index in [9.17, 15) is 14.4 Å². The highest BCUT2D eigenvalue weighted by Gasteiger charge is 2.64. The van der Waals surface area contributed by atoms with E-state index in [1.165, 1.54) is 167 Å². The van der Waals surface area contributed by atoms with Crippen molar-refractivity contribution in [2.45, 2.75) is 379 Å². The van der Waals surface area contributed by atoms with E-state index >= 15 is 0 Å². The Morgan fingerprint density at radius 3 is 1.37 bits per heavy atom. The van der Waals surface area contributed by atoms with Crippen LogP contribution in [0.5, 0.6) is 0 Å². The molecular weight excluding hydrogens is 1420 g/mol. The summed E-state index contributed by atoms with van der Waals surface area (Å²) in [4.78, 5) is 50.5. The Kier molecular flexibility index (Phi) is 31.7. The number of ether oxygens (including phenoxy) is 3. The first kappa shape index (κ1) is 90.7. The van der Waals surface area contributed by atoms with Gasteiger partial charge in [-0.15, -0.1) is 0 Å². The molecule has 14 nitrogen and oxygen atoms in total. The lowest BCUT2D eigenvalue weighted by molar-refractivity contribution is -0.129. The number of carbonyl (C=O) groups excluding carboxylic acids is 3. The molecule has 12 aliphatic rings. The maximum atomic E-state index is 13.8. The van der Waals surface area contributed by atoms with E-state index in [2.05, 4.69) is 147 Å². The minimum absolute atomic E-state index is 0.0123. The fourth-order valence-corrected chi connectivity index (χ4v) is 30.6. The smallest absolute Gasteiger partial charge is 0.407 e. The lowest BCUT2D eigenvalue weighted by Gasteiger charge is -2.61. The molecule has 0 radical (unpaired) electrons. The standard InChI is InChI=1S/C101H176N8O6/c1-68(2)25-18-28-71(7)80-46-52-101(15)85(80)41-42-90-91(101)36-33-76-67-79(45-51-98(76,90)12)115-95(112)107-56-22-62-108(61-21-55-104-92(102)103)59-16-17-60-109(63-23-57-105-93(110)113-77-43-49-96(10)74(65-77)31-34-81-86-39-37-83(72(8)29-19-26-69(3)4)99(86,13)53-47-88(81)96)64-24-58-106-94(111)114-78-44-50-97(11)75(66-78)32-35-82-87-40-38-84(73(9)30-20-27-70(5)6)100(87,14)54-48-89(82)97/h31,33,68-73,75,77-91H,16-30,32,34-67H2,1-15H3,(H,105,110)(H,106,111)(H,107,112)(H4,102,103,104). The van der Waals surface area contributed by atoms with E-state index in [0.29, 0.717) is 53.8 Å². The second-order valence-corrected chi connectivity index (χ2v) is 45.0. The molecule has 7 N–H and O–H groups in total. The molecule has 656 valence electrons. The first-order valence-electron chi connectivity index (χ1n) is 49.7. The van der Waals surface area contributed by atoms with E-state index in [1.807, 2.05) is 0 Å². The number of hydrogen-bond acceptors (Lipinski definition) is 9. The van der Waals surface area contributed by atoms with Gasteiger partial charge in [-0.3, -0.25) is 4.99 Å². The number of nitrogens with zero attached hydrogens (tertiary/aromatic N) is 3. The summed E-state index contributed by atoms with van der Waals surface area (Å²) in [6.07, 6.45) is 52.9. The summed E-state index contributed by atoms with van der Waals surface area (Å²) in [5.41, 5.74) is 16.9. The van der Waals surface area contributed by atoms with E-state index in [4.69, 9.17) is 25.7 Å². The van der Waals surface area contributed by atoms with Gasteiger partial charge in [0.2, 0.25) is 0 Å². The molecule has 10 saturated carbocycles. The minimum Gasteiger partial charge on any atom is -0.446 e. The summed E-state index contributed by atoms with van der Waals surface area (Å²) >= 11 is 0. The van der Waals surface area contributed by atoms with Gasteiger partial charge in [-0.05, 0) is 370 Å². The van der Waals surface area contributed by atoms with Gasteiger partial charge in [-0.25, -0.2) is 14.4 Å². The lowest BCUT2D eigenvalue weighted by atomic mass is 9.44. The summed E-state index contributed by atoms with van der Waals surface area (Å²) in [6.45, 7) is 45.5. The topological polar surface area (TPSA) is 186 Å². The van der Waals surface area contributed by atoms with Gasteiger partial charge in [0, 0.05) is 39.0 Å². The molecule has 0 spiro atoms. The van der Waals surface area contributed by atoms with Crippen LogP contribution in [0.15, 0.2) is 28.3 Å². The molecule has 3 amide bonds. The molecule has 0 aromatic rings. The number of nitrogens with two attached hydrogens (primary N) is 2. The second kappa shape index (κ2) is 40.2. The van der Waals surface area contributed by atoms with Crippen LogP contribution in [0, 0.1) is 145 Å². The Hall–Kier alpha value is -3.52. The average Bonchev–Trinajstić information content (AvgIpc) is 1.66. The lowest BCUT2D eigenvalue weighted by Crippen LogP contribution is -2.54. The number of amides is 3. The van der Waals surface area contributed by atoms with Crippen LogP contribution in [0.2, 0.25) is 0 Å². The van der Waals surface area contributed by atoms with Crippen molar-refractivity contribution in [3.63, 3.8) is 0 Å². The number of unbranched alkanes of at least 4 members (excludes halogenated alkanes) is 1. The molecule has 0 heterocycles. The maximum absolute atomic E-state index is 13.8. The molecule has 10 fully saturated rings. The third kappa shape index (κ3) is 21.2. The summed E-state index contributed by atoms with van der Waals surface area (Å²) < 4.78 is 19.0. The van der Waals surface area contributed by atoms with Crippen molar-refractivity contribution < 1.29 is 28.6 Å².